The minimum absolute atomic E-state index is 0.0896. The van der Waals surface area contributed by atoms with Crippen LogP contribution in [-0.2, 0) is 21.4 Å². The molecule has 2 aromatic carbocycles. The Morgan fingerprint density at radius 2 is 1.65 bits per heavy atom. The van der Waals surface area contributed by atoms with Crippen molar-refractivity contribution < 1.29 is 24.2 Å². The molecule has 1 aliphatic rings. The van der Waals surface area contributed by atoms with Gasteiger partial charge in [-0.05, 0) is 34.7 Å². The highest BCUT2D eigenvalue weighted by Gasteiger charge is 2.32. The summed E-state index contributed by atoms with van der Waals surface area (Å²) >= 11 is 0. The number of nitrogens with zero attached hydrogens (tertiary/aromatic N) is 2. The summed E-state index contributed by atoms with van der Waals surface area (Å²) in [7, 11) is 1.63. The number of amides is 2. The van der Waals surface area contributed by atoms with Crippen LogP contribution in [0.25, 0.3) is 11.1 Å². The van der Waals surface area contributed by atoms with E-state index < -0.39 is 30.1 Å². The molecule has 4 rings (SSSR count). The second kappa shape index (κ2) is 9.78. The van der Waals surface area contributed by atoms with Crippen molar-refractivity contribution in [1.29, 1.82) is 0 Å². The number of benzene rings is 2. The largest absolute Gasteiger partial charge is 0.480 e. The molecule has 0 spiro atoms. The molecule has 1 aromatic heterocycles. The number of carbonyl (C=O) groups is 3. The molecule has 34 heavy (non-hydrogen) atoms. The van der Waals surface area contributed by atoms with E-state index in [-0.39, 0.29) is 18.9 Å². The Kier molecular flexibility index (Phi) is 6.62. The maximum atomic E-state index is 12.9. The van der Waals surface area contributed by atoms with E-state index in [1.165, 1.54) is 10.9 Å². The fourth-order valence-electron chi connectivity index (χ4n) is 4.29. The molecule has 1 heterocycles. The number of hydrogen-bond acceptors (Lipinski definition) is 5. The number of ether oxygens (including phenoxy) is 1. The summed E-state index contributed by atoms with van der Waals surface area (Å²) in [5.41, 5.74) is 4.76. The molecule has 9 heteroatoms. The second-order valence-corrected chi connectivity index (χ2v) is 8.09. The predicted octanol–water partition coefficient (Wildman–Crippen LogP) is 2.98. The third kappa shape index (κ3) is 4.50. The van der Waals surface area contributed by atoms with E-state index in [1.807, 2.05) is 48.5 Å². The molecule has 3 N–H and O–H groups in total. The zero-order valence-corrected chi connectivity index (χ0v) is 18.9. The van der Waals surface area contributed by atoms with Crippen molar-refractivity contribution in [3.63, 3.8) is 0 Å². The minimum atomic E-state index is -1.17. The molecule has 0 radical (unpaired) electrons. The van der Waals surface area contributed by atoms with Gasteiger partial charge in [0, 0.05) is 19.2 Å². The van der Waals surface area contributed by atoms with Crippen LogP contribution in [0.2, 0.25) is 0 Å². The fourth-order valence-corrected chi connectivity index (χ4v) is 4.29. The lowest BCUT2D eigenvalue weighted by molar-refractivity contribution is -0.142. The standard InChI is InChI=1S/C25H26N4O5/c1-3-20(24(31)32)27-23(30)22(21-12-13-26-29(21)2)28-25(33)34-14-19-17-10-6-4-8-15(17)16-9-5-7-11-18(16)19/h4-13,19-20,22H,3,14H2,1-2H3,(H,27,30)(H,28,33)(H,31,32). The van der Waals surface area contributed by atoms with Crippen LogP contribution in [0.3, 0.4) is 0 Å². The van der Waals surface area contributed by atoms with Crippen molar-refractivity contribution >= 4 is 18.0 Å². The number of carbonyl (C=O) groups excluding carboxylic acids is 2. The number of nitrogens with one attached hydrogen (secondary N) is 2. The molecule has 3 aromatic rings. The van der Waals surface area contributed by atoms with Crippen LogP contribution in [0, 0.1) is 0 Å². The number of rotatable bonds is 8. The van der Waals surface area contributed by atoms with E-state index in [2.05, 4.69) is 15.7 Å². The summed E-state index contributed by atoms with van der Waals surface area (Å²) in [6, 6.07) is 15.3. The van der Waals surface area contributed by atoms with Gasteiger partial charge in [0.25, 0.3) is 0 Å². The Hall–Kier alpha value is -4.14. The Bertz CT molecular complexity index is 1180. The topological polar surface area (TPSA) is 123 Å². The number of alkyl carbamates (subject to hydrolysis) is 1. The molecule has 0 saturated carbocycles. The first-order valence-electron chi connectivity index (χ1n) is 11.0. The Labute approximate surface area is 196 Å². The minimum Gasteiger partial charge on any atom is -0.480 e. The van der Waals surface area contributed by atoms with Crippen molar-refractivity contribution in [2.24, 2.45) is 7.05 Å². The highest BCUT2D eigenvalue weighted by molar-refractivity contribution is 5.90. The zero-order chi connectivity index (χ0) is 24.2. The monoisotopic (exact) mass is 462 g/mol. The van der Waals surface area contributed by atoms with Gasteiger partial charge in [-0.1, -0.05) is 55.5 Å². The van der Waals surface area contributed by atoms with Gasteiger partial charge in [0.2, 0.25) is 5.91 Å². The van der Waals surface area contributed by atoms with E-state index in [0.717, 1.165) is 22.3 Å². The second-order valence-electron chi connectivity index (χ2n) is 8.09. The van der Waals surface area contributed by atoms with Crippen molar-refractivity contribution in [3.05, 3.63) is 77.6 Å². The van der Waals surface area contributed by atoms with Crippen molar-refractivity contribution in [2.45, 2.75) is 31.3 Å². The first-order valence-corrected chi connectivity index (χ1v) is 11.0. The molecule has 2 unspecified atom stereocenters. The summed E-state index contributed by atoms with van der Waals surface area (Å²) in [4.78, 5) is 37.1. The first-order chi connectivity index (χ1) is 16.4. The van der Waals surface area contributed by atoms with Crippen molar-refractivity contribution in [2.75, 3.05) is 6.61 Å². The third-order valence-corrected chi connectivity index (χ3v) is 6.05. The van der Waals surface area contributed by atoms with Gasteiger partial charge in [0.05, 0.1) is 5.69 Å². The highest BCUT2D eigenvalue weighted by atomic mass is 16.5. The molecular formula is C25H26N4O5. The van der Waals surface area contributed by atoms with Gasteiger partial charge in [-0.3, -0.25) is 9.48 Å². The Morgan fingerprint density at radius 3 is 2.18 bits per heavy atom. The molecule has 0 aliphatic heterocycles. The third-order valence-electron chi connectivity index (χ3n) is 6.05. The normalized spacial score (nSPS) is 13.9. The highest BCUT2D eigenvalue weighted by Crippen LogP contribution is 2.44. The number of aliphatic carboxylic acids is 1. The average molecular weight is 463 g/mol. The summed E-state index contributed by atoms with van der Waals surface area (Å²) in [6.07, 6.45) is 0.903. The quantitative estimate of drug-likeness (QED) is 0.473. The van der Waals surface area contributed by atoms with E-state index in [4.69, 9.17) is 4.74 Å². The van der Waals surface area contributed by atoms with Crippen LogP contribution in [0.5, 0.6) is 0 Å². The van der Waals surface area contributed by atoms with Crippen LogP contribution >= 0.6 is 0 Å². The van der Waals surface area contributed by atoms with Crippen LogP contribution in [0.1, 0.15) is 42.1 Å². The van der Waals surface area contributed by atoms with E-state index in [9.17, 15) is 19.5 Å². The molecule has 0 fully saturated rings. The van der Waals surface area contributed by atoms with Gasteiger partial charge in [-0.25, -0.2) is 9.59 Å². The first kappa shape index (κ1) is 23.0. The summed E-state index contributed by atoms with van der Waals surface area (Å²) in [6.45, 7) is 1.74. The van der Waals surface area contributed by atoms with Crippen LogP contribution in [0.4, 0.5) is 4.79 Å². The maximum Gasteiger partial charge on any atom is 0.408 e. The van der Waals surface area contributed by atoms with Crippen LogP contribution < -0.4 is 10.6 Å². The van der Waals surface area contributed by atoms with Crippen molar-refractivity contribution in [1.82, 2.24) is 20.4 Å². The maximum absolute atomic E-state index is 12.9. The number of fused-ring (bicyclic) bond motifs is 3. The van der Waals surface area contributed by atoms with Crippen LogP contribution in [-0.4, -0.2) is 45.5 Å². The predicted molar refractivity (Wildman–Crippen MR) is 124 cm³/mol. The number of hydrogen-bond donors (Lipinski definition) is 3. The fraction of sp³-hybridized carbons (Fsp3) is 0.280. The number of carboxylic acids is 1. The lowest BCUT2D eigenvalue weighted by atomic mass is 9.98. The smallest absolute Gasteiger partial charge is 0.408 e. The molecule has 176 valence electrons. The van der Waals surface area contributed by atoms with Crippen LogP contribution in [0.15, 0.2) is 60.8 Å². The van der Waals surface area contributed by atoms with Gasteiger partial charge < -0.3 is 20.5 Å². The molecule has 2 atom stereocenters. The summed E-state index contributed by atoms with van der Waals surface area (Å²) in [5, 5.41) is 18.4. The zero-order valence-electron chi connectivity index (χ0n) is 18.9. The molecule has 0 bridgehead atoms. The number of aromatic nitrogens is 2. The SMILES string of the molecule is CCC(NC(=O)C(NC(=O)OCC1c2ccccc2-c2ccccc21)c1ccnn1C)C(=O)O. The van der Waals surface area contributed by atoms with E-state index >= 15 is 0 Å². The molecule has 2 amide bonds. The average Bonchev–Trinajstić information content (AvgIpc) is 3.40. The molecule has 9 nitrogen and oxygen atoms in total. The van der Waals surface area contributed by atoms with Crippen molar-refractivity contribution in [3.8, 4) is 11.1 Å². The molecule has 1 aliphatic carbocycles. The Morgan fingerprint density at radius 1 is 1.03 bits per heavy atom. The summed E-state index contributed by atoms with van der Waals surface area (Å²) in [5.74, 6) is -1.94. The van der Waals surface area contributed by atoms with Gasteiger partial charge in [0.15, 0.2) is 6.04 Å². The summed E-state index contributed by atoms with van der Waals surface area (Å²) < 4.78 is 7.00. The Balaban J connectivity index is 1.49. The van der Waals surface area contributed by atoms with Gasteiger partial charge in [-0.2, -0.15) is 5.10 Å². The van der Waals surface area contributed by atoms with Gasteiger partial charge >= 0.3 is 12.1 Å². The lowest BCUT2D eigenvalue weighted by Gasteiger charge is -2.21. The number of aryl methyl sites for hydroxylation is 1. The van der Waals surface area contributed by atoms with E-state index in [1.54, 1.807) is 20.0 Å². The molecular weight excluding hydrogens is 436 g/mol. The molecule has 0 saturated heterocycles. The lowest BCUT2D eigenvalue weighted by Crippen LogP contribution is -2.47. The van der Waals surface area contributed by atoms with E-state index in [0.29, 0.717) is 5.69 Å². The van der Waals surface area contributed by atoms with Gasteiger partial charge in [0.1, 0.15) is 12.6 Å². The number of carboxylic acid groups (broad SMARTS) is 1. The van der Waals surface area contributed by atoms with Gasteiger partial charge in [-0.15, -0.1) is 0 Å².